The molecule has 0 radical (unpaired) electrons. The lowest BCUT2D eigenvalue weighted by Gasteiger charge is -2.11. The molecule has 0 aliphatic rings. The normalized spacial score (nSPS) is 11.4. The van der Waals surface area contributed by atoms with Crippen LogP contribution in [0.5, 0.6) is 0 Å². The van der Waals surface area contributed by atoms with Crippen molar-refractivity contribution in [3.63, 3.8) is 0 Å². The Morgan fingerprint density at radius 1 is 1.40 bits per heavy atom. The number of amides is 1. The lowest BCUT2D eigenvalue weighted by molar-refractivity contribution is -0.140. The van der Waals surface area contributed by atoms with Gasteiger partial charge in [0.05, 0.1) is 0 Å². The second-order valence-corrected chi connectivity index (χ2v) is 4.18. The van der Waals surface area contributed by atoms with Crippen LogP contribution in [0.15, 0.2) is 30.6 Å². The molecule has 0 atom stereocenters. The van der Waals surface area contributed by atoms with E-state index in [4.69, 9.17) is 11.6 Å². The third-order valence-electron chi connectivity index (χ3n) is 2.26. The number of carbonyl (C=O) groups is 1. The van der Waals surface area contributed by atoms with Gasteiger partial charge in [-0.2, -0.15) is 13.2 Å². The van der Waals surface area contributed by atoms with Crippen LogP contribution in [0.2, 0.25) is 5.15 Å². The highest BCUT2D eigenvalue weighted by atomic mass is 35.5. The molecule has 1 N–H and O–H groups in total. The molecule has 0 bridgehead atoms. The summed E-state index contributed by atoms with van der Waals surface area (Å²) < 4.78 is 37.8. The van der Waals surface area contributed by atoms with Crippen LogP contribution in [0.25, 0.3) is 0 Å². The number of carbonyl (C=O) groups excluding carboxylic acids is 1. The minimum absolute atomic E-state index is 0.0812. The molecule has 0 saturated heterocycles. The van der Waals surface area contributed by atoms with E-state index in [1.807, 2.05) is 0 Å². The Kier molecular flexibility index (Phi) is 3.93. The smallest absolute Gasteiger partial charge is 0.334 e. The first-order chi connectivity index (χ1) is 9.35. The summed E-state index contributed by atoms with van der Waals surface area (Å²) in [5, 5.41) is 2.39. The van der Waals surface area contributed by atoms with Crippen molar-refractivity contribution in [2.24, 2.45) is 0 Å². The van der Waals surface area contributed by atoms with E-state index in [-0.39, 0.29) is 16.8 Å². The Bertz CT molecular complexity index is 626. The van der Waals surface area contributed by atoms with Gasteiger partial charge in [0.2, 0.25) is 5.95 Å². The molecule has 2 aromatic rings. The number of alkyl halides is 3. The number of hydrogen-bond donors (Lipinski definition) is 1. The van der Waals surface area contributed by atoms with E-state index in [9.17, 15) is 18.0 Å². The van der Waals surface area contributed by atoms with Gasteiger partial charge in [-0.1, -0.05) is 11.6 Å². The number of aromatic nitrogens is 3. The Balaban J connectivity index is 2.16. The van der Waals surface area contributed by atoms with Gasteiger partial charge in [-0.05, 0) is 18.2 Å². The summed E-state index contributed by atoms with van der Waals surface area (Å²) in [5.74, 6) is -0.830. The highest BCUT2D eigenvalue weighted by Crippen LogP contribution is 2.19. The second-order valence-electron chi connectivity index (χ2n) is 3.79. The maximum Gasteiger partial charge on any atom is 0.406 e. The van der Waals surface area contributed by atoms with Gasteiger partial charge in [0.15, 0.2) is 0 Å². The topological polar surface area (TPSA) is 59.8 Å². The fraction of sp³-hybridized carbons (Fsp3) is 0.182. The highest BCUT2D eigenvalue weighted by molar-refractivity contribution is 6.29. The van der Waals surface area contributed by atoms with Gasteiger partial charge in [0.1, 0.15) is 17.4 Å². The molecule has 106 valence electrons. The van der Waals surface area contributed by atoms with Crippen LogP contribution in [0.1, 0.15) is 10.5 Å². The zero-order valence-corrected chi connectivity index (χ0v) is 10.6. The first kappa shape index (κ1) is 14.3. The quantitative estimate of drug-likeness (QED) is 0.887. The summed E-state index contributed by atoms with van der Waals surface area (Å²) in [6.45, 7) is -1.25. The summed E-state index contributed by atoms with van der Waals surface area (Å²) >= 11 is 5.62. The maximum absolute atomic E-state index is 12.3. The van der Waals surface area contributed by atoms with Gasteiger partial charge >= 0.3 is 6.18 Å². The first-order valence-corrected chi connectivity index (χ1v) is 5.75. The van der Waals surface area contributed by atoms with E-state index in [0.717, 1.165) is 4.57 Å². The van der Waals surface area contributed by atoms with Crippen molar-refractivity contribution in [1.82, 2.24) is 14.5 Å². The lowest BCUT2D eigenvalue weighted by atomic mass is 10.4. The van der Waals surface area contributed by atoms with Crippen molar-refractivity contribution in [2.75, 3.05) is 5.32 Å². The van der Waals surface area contributed by atoms with Crippen molar-refractivity contribution in [1.29, 1.82) is 0 Å². The number of halogens is 4. The highest BCUT2D eigenvalue weighted by Gasteiger charge is 2.29. The molecular weight excluding hydrogens is 297 g/mol. The Morgan fingerprint density at radius 3 is 2.80 bits per heavy atom. The molecule has 2 rings (SSSR count). The molecule has 20 heavy (non-hydrogen) atoms. The molecular formula is C11H8ClF3N4O. The van der Waals surface area contributed by atoms with Gasteiger partial charge in [0.25, 0.3) is 5.91 Å². The van der Waals surface area contributed by atoms with E-state index in [1.165, 1.54) is 30.6 Å². The van der Waals surface area contributed by atoms with Crippen LogP contribution in [-0.2, 0) is 6.54 Å². The van der Waals surface area contributed by atoms with Gasteiger partial charge in [-0.3, -0.25) is 10.1 Å². The molecule has 0 unspecified atom stereocenters. The van der Waals surface area contributed by atoms with Crippen LogP contribution in [0.4, 0.5) is 19.1 Å². The molecule has 9 heteroatoms. The van der Waals surface area contributed by atoms with Crippen LogP contribution in [0.3, 0.4) is 0 Å². The molecule has 0 aliphatic carbocycles. The molecule has 1 amide bonds. The molecule has 0 spiro atoms. The largest absolute Gasteiger partial charge is 0.406 e. The fourth-order valence-electron chi connectivity index (χ4n) is 1.51. The lowest BCUT2D eigenvalue weighted by Crippen LogP contribution is -2.23. The predicted octanol–water partition coefficient (Wildman–Crippen LogP) is 2.75. The predicted molar refractivity (Wildman–Crippen MR) is 65.5 cm³/mol. The monoisotopic (exact) mass is 304 g/mol. The first-order valence-electron chi connectivity index (χ1n) is 5.37. The molecule has 0 fully saturated rings. The number of anilines is 1. The molecule has 0 aliphatic heterocycles. The van der Waals surface area contributed by atoms with Gasteiger partial charge in [0, 0.05) is 12.4 Å². The zero-order chi connectivity index (χ0) is 14.8. The fourth-order valence-corrected chi connectivity index (χ4v) is 1.65. The van der Waals surface area contributed by atoms with E-state index < -0.39 is 18.6 Å². The average molecular weight is 305 g/mol. The summed E-state index contributed by atoms with van der Waals surface area (Å²) in [5.41, 5.74) is -0.147. The third kappa shape index (κ3) is 3.70. The molecule has 0 saturated carbocycles. The number of hydrogen-bond acceptors (Lipinski definition) is 3. The molecule has 0 aromatic carbocycles. The van der Waals surface area contributed by atoms with E-state index in [0.29, 0.717) is 0 Å². The Labute approximate surface area is 116 Å². The summed E-state index contributed by atoms with van der Waals surface area (Å²) in [6.07, 6.45) is -1.93. The minimum Gasteiger partial charge on any atom is -0.334 e. The number of nitrogens with zero attached hydrogens (tertiary/aromatic N) is 3. The summed E-state index contributed by atoms with van der Waals surface area (Å²) in [6, 6.07) is 4.02. The summed E-state index contributed by atoms with van der Waals surface area (Å²) in [7, 11) is 0. The molecule has 2 heterocycles. The average Bonchev–Trinajstić information content (AvgIpc) is 2.74. The maximum atomic E-state index is 12.3. The van der Waals surface area contributed by atoms with Crippen molar-refractivity contribution < 1.29 is 18.0 Å². The van der Waals surface area contributed by atoms with Gasteiger partial charge in [-0.25, -0.2) is 9.97 Å². The van der Waals surface area contributed by atoms with E-state index in [1.54, 1.807) is 0 Å². The Hall–Kier alpha value is -2.09. The van der Waals surface area contributed by atoms with Crippen LogP contribution < -0.4 is 5.32 Å². The van der Waals surface area contributed by atoms with Gasteiger partial charge in [-0.15, -0.1) is 0 Å². The Morgan fingerprint density at radius 2 is 2.15 bits per heavy atom. The number of nitrogens with one attached hydrogen (secondary N) is 1. The van der Waals surface area contributed by atoms with Crippen molar-refractivity contribution in [2.45, 2.75) is 12.7 Å². The van der Waals surface area contributed by atoms with E-state index >= 15 is 0 Å². The standard InChI is InChI=1S/C11H8ClF3N4O/c12-8-3-4-16-10(17-8)18-9(20)7-2-1-5-19(7)6-11(13,14)15/h1-5H,6H2,(H,16,17,18,20). The van der Waals surface area contributed by atoms with Crippen molar-refractivity contribution in [3.05, 3.63) is 41.4 Å². The minimum atomic E-state index is -4.42. The third-order valence-corrected chi connectivity index (χ3v) is 2.47. The van der Waals surface area contributed by atoms with Crippen LogP contribution in [-0.4, -0.2) is 26.6 Å². The van der Waals surface area contributed by atoms with E-state index in [2.05, 4.69) is 15.3 Å². The SMILES string of the molecule is O=C(Nc1nccc(Cl)n1)c1cccn1CC(F)(F)F. The van der Waals surface area contributed by atoms with Crippen LogP contribution in [0, 0.1) is 0 Å². The van der Waals surface area contributed by atoms with Crippen LogP contribution >= 0.6 is 11.6 Å². The summed E-state index contributed by atoms with van der Waals surface area (Å²) in [4.78, 5) is 19.3. The number of rotatable bonds is 3. The zero-order valence-electron chi connectivity index (χ0n) is 9.86. The molecule has 5 nitrogen and oxygen atoms in total. The van der Waals surface area contributed by atoms with Crippen molar-refractivity contribution >= 4 is 23.5 Å². The second kappa shape index (κ2) is 5.49. The van der Waals surface area contributed by atoms with Crippen molar-refractivity contribution in [3.8, 4) is 0 Å². The van der Waals surface area contributed by atoms with Gasteiger partial charge < -0.3 is 4.57 Å². The molecule has 2 aromatic heterocycles.